The molecule has 3 N–H and O–H groups in total. The summed E-state index contributed by atoms with van der Waals surface area (Å²) in [5.41, 5.74) is 7.30. The van der Waals surface area contributed by atoms with Crippen LogP contribution in [0.4, 0.5) is 4.79 Å². The number of benzene rings is 1. The van der Waals surface area contributed by atoms with Gasteiger partial charge < -0.3 is 5.73 Å². The molecule has 2 heterocycles. The summed E-state index contributed by atoms with van der Waals surface area (Å²) in [7, 11) is 0. The van der Waals surface area contributed by atoms with Crippen LogP contribution in [0.5, 0.6) is 0 Å². The molecule has 0 saturated heterocycles. The number of rotatable bonds is 6. The average molecular weight is 471 g/mol. The van der Waals surface area contributed by atoms with Crippen molar-refractivity contribution in [1.29, 1.82) is 0 Å². The van der Waals surface area contributed by atoms with E-state index in [0.717, 1.165) is 40.6 Å². The van der Waals surface area contributed by atoms with Gasteiger partial charge in [-0.25, -0.2) is 9.78 Å². The van der Waals surface area contributed by atoms with Crippen molar-refractivity contribution in [3.05, 3.63) is 56.7 Å². The van der Waals surface area contributed by atoms with Gasteiger partial charge in [0.05, 0.1) is 10.6 Å². The first-order chi connectivity index (χ1) is 15.3. The third-order valence-corrected chi connectivity index (χ3v) is 7.98. The highest BCUT2D eigenvalue weighted by Gasteiger charge is 2.26. The number of hydrogen-bond acceptors (Lipinski definition) is 6. The van der Waals surface area contributed by atoms with Crippen molar-refractivity contribution >= 4 is 45.3 Å². The van der Waals surface area contributed by atoms with Gasteiger partial charge in [-0.1, -0.05) is 49.0 Å². The Kier molecular flexibility index (Phi) is 6.66. The first-order valence-corrected chi connectivity index (χ1v) is 12.4. The van der Waals surface area contributed by atoms with Crippen LogP contribution >= 0.6 is 23.1 Å². The largest absolute Gasteiger partial charge is 0.351 e. The Morgan fingerprint density at radius 2 is 2.09 bits per heavy atom. The molecule has 0 bridgehead atoms. The summed E-state index contributed by atoms with van der Waals surface area (Å²) in [6.45, 7) is 4.36. The summed E-state index contributed by atoms with van der Waals surface area (Å²) >= 11 is 2.76. The molecule has 1 aliphatic carbocycles. The summed E-state index contributed by atoms with van der Waals surface area (Å²) in [5.74, 6) is 0.0907. The lowest BCUT2D eigenvalue weighted by molar-refractivity contribution is -0.119. The third kappa shape index (κ3) is 4.73. The third-order valence-electron chi connectivity index (χ3n) is 5.74. The monoisotopic (exact) mass is 470 g/mol. The Morgan fingerprint density at radius 1 is 1.34 bits per heavy atom. The minimum atomic E-state index is -0.896. The molecule has 0 spiro atoms. The van der Waals surface area contributed by atoms with E-state index in [-0.39, 0.29) is 5.56 Å². The number of urea groups is 1. The van der Waals surface area contributed by atoms with Crippen LogP contribution in [0.3, 0.4) is 0 Å². The summed E-state index contributed by atoms with van der Waals surface area (Å²) in [5, 5.41) is 2.68. The molecule has 9 heteroatoms. The van der Waals surface area contributed by atoms with Gasteiger partial charge in [0.15, 0.2) is 5.16 Å². The number of imide groups is 1. The van der Waals surface area contributed by atoms with Gasteiger partial charge in [-0.05, 0) is 49.7 Å². The number of thiophene rings is 1. The van der Waals surface area contributed by atoms with Crippen LogP contribution in [0.2, 0.25) is 0 Å². The lowest BCUT2D eigenvalue weighted by Crippen LogP contribution is -2.39. The highest BCUT2D eigenvalue weighted by molar-refractivity contribution is 8.00. The van der Waals surface area contributed by atoms with Crippen molar-refractivity contribution in [3.8, 4) is 0 Å². The molecule has 2 unspecified atom stereocenters. The number of nitrogens with two attached hydrogens (primary N) is 1. The molecule has 7 nitrogen and oxygen atoms in total. The minimum Gasteiger partial charge on any atom is -0.351 e. The molecular formula is C23H26N4O3S2. The second-order valence-corrected chi connectivity index (χ2v) is 10.6. The molecule has 0 radical (unpaired) electrons. The van der Waals surface area contributed by atoms with Crippen molar-refractivity contribution in [2.45, 2.75) is 56.5 Å². The van der Waals surface area contributed by atoms with E-state index in [0.29, 0.717) is 24.0 Å². The molecule has 2 aromatic heterocycles. The van der Waals surface area contributed by atoms with Crippen molar-refractivity contribution in [3.63, 3.8) is 0 Å². The number of thioether (sulfide) groups is 1. The van der Waals surface area contributed by atoms with E-state index in [1.807, 2.05) is 30.3 Å². The van der Waals surface area contributed by atoms with Crippen LogP contribution in [0.25, 0.3) is 10.2 Å². The number of aromatic nitrogens is 2. The van der Waals surface area contributed by atoms with Crippen LogP contribution in [0.1, 0.15) is 36.3 Å². The van der Waals surface area contributed by atoms with Crippen LogP contribution in [-0.2, 0) is 30.6 Å². The van der Waals surface area contributed by atoms with E-state index >= 15 is 0 Å². The predicted molar refractivity (Wildman–Crippen MR) is 128 cm³/mol. The lowest BCUT2D eigenvalue weighted by atomic mass is 9.89. The summed E-state index contributed by atoms with van der Waals surface area (Å²) in [6, 6.07) is 9.07. The standard InChI is InChI=1S/C23H26N4O3S2/c1-13-8-9-16-17(12-13)32-20-18(16)21(29)27(11-10-15-6-4-3-5-7-15)23(26-20)31-14(2)19(28)25-22(24)30/h3-7,13-14H,8-12H2,1-2H3,(H3,24,25,28,30). The van der Waals surface area contributed by atoms with Gasteiger partial charge in [-0.2, -0.15) is 0 Å². The Bertz CT molecular complexity index is 1220. The fourth-order valence-corrected chi connectivity index (χ4v) is 6.37. The zero-order chi connectivity index (χ0) is 22.8. The maximum Gasteiger partial charge on any atom is 0.318 e. The minimum absolute atomic E-state index is 0.0528. The second-order valence-electron chi connectivity index (χ2n) is 8.23. The maximum atomic E-state index is 13.7. The summed E-state index contributed by atoms with van der Waals surface area (Å²) in [4.78, 5) is 43.8. The van der Waals surface area contributed by atoms with E-state index in [1.165, 1.54) is 16.6 Å². The van der Waals surface area contributed by atoms with Crippen LogP contribution < -0.4 is 16.6 Å². The number of carbonyl (C=O) groups excluding carboxylic acids is 2. The van der Waals surface area contributed by atoms with Gasteiger partial charge in [0.1, 0.15) is 4.83 Å². The van der Waals surface area contributed by atoms with Crippen LogP contribution in [0.15, 0.2) is 40.3 Å². The van der Waals surface area contributed by atoms with Crippen molar-refractivity contribution in [2.24, 2.45) is 11.7 Å². The van der Waals surface area contributed by atoms with Crippen LogP contribution in [-0.4, -0.2) is 26.7 Å². The Hall–Kier alpha value is -2.65. The molecule has 1 aromatic carbocycles. The molecule has 2 atom stereocenters. The normalized spacial score (nSPS) is 16.5. The topological polar surface area (TPSA) is 107 Å². The lowest BCUT2D eigenvalue weighted by Gasteiger charge is -2.18. The van der Waals surface area contributed by atoms with E-state index in [1.54, 1.807) is 22.8 Å². The number of hydrogen-bond donors (Lipinski definition) is 2. The first-order valence-electron chi connectivity index (χ1n) is 10.7. The van der Waals surface area contributed by atoms with E-state index in [4.69, 9.17) is 10.7 Å². The number of fused-ring (bicyclic) bond motifs is 3. The number of amides is 3. The number of nitrogens with one attached hydrogen (secondary N) is 1. The van der Waals surface area contributed by atoms with E-state index < -0.39 is 17.2 Å². The quantitative estimate of drug-likeness (QED) is 0.424. The van der Waals surface area contributed by atoms with Gasteiger partial charge in [-0.15, -0.1) is 11.3 Å². The number of aryl methyl sites for hydroxylation is 2. The van der Waals surface area contributed by atoms with Crippen molar-refractivity contribution in [2.75, 3.05) is 0 Å². The molecule has 3 aromatic rings. The van der Waals surface area contributed by atoms with Gasteiger partial charge in [0, 0.05) is 11.4 Å². The predicted octanol–water partition coefficient (Wildman–Crippen LogP) is 3.50. The number of nitrogens with zero attached hydrogens (tertiary/aromatic N) is 2. The molecule has 0 aliphatic heterocycles. The average Bonchev–Trinajstić information content (AvgIpc) is 3.11. The second kappa shape index (κ2) is 9.46. The summed E-state index contributed by atoms with van der Waals surface area (Å²) in [6.07, 6.45) is 3.62. The Balaban J connectivity index is 1.74. The zero-order valence-electron chi connectivity index (χ0n) is 18.1. The molecule has 4 rings (SSSR count). The van der Waals surface area contributed by atoms with E-state index in [2.05, 4.69) is 12.2 Å². The van der Waals surface area contributed by atoms with Crippen molar-refractivity contribution in [1.82, 2.24) is 14.9 Å². The molecular weight excluding hydrogens is 444 g/mol. The van der Waals surface area contributed by atoms with Gasteiger partial charge in [0.25, 0.3) is 5.56 Å². The zero-order valence-corrected chi connectivity index (χ0v) is 19.7. The molecule has 0 fully saturated rings. The molecule has 32 heavy (non-hydrogen) atoms. The van der Waals surface area contributed by atoms with Gasteiger partial charge >= 0.3 is 6.03 Å². The fourth-order valence-electron chi connectivity index (χ4n) is 4.01. The molecule has 1 aliphatic rings. The number of primary amides is 1. The van der Waals surface area contributed by atoms with E-state index in [9.17, 15) is 14.4 Å². The molecule has 168 valence electrons. The summed E-state index contributed by atoms with van der Waals surface area (Å²) < 4.78 is 1.68. The van der Waals surface area contributed by atoms with Gasteiger partial charge in [-0.3, -0.25) is 19.5 Å². The molecule has 3 amide bonds. The number of carbonyl (C=O) groups is 2. The van der Waals surface area contributed by atoms with Crippen LogP contribution in [0, 0.1) is 5.92 Å². The highest BCUT2D eigenvalue weighted by atomic mass is 32.2. The highest BCUT2D eigenvalue weighted by Crippen LogP contribution is 2.37. The Labute approximate surface area is 194 Å². The smallest absolute Gasteiger partial charge is 0.318 e. The van der Waals surface area contributed by atoms with Gasteiger partial charge in [0.2, 0.25) is 5.91 Å². The maximum absolute atomic E-state index is 13.7. The molecule has 0 saturated carbocycles. The first kappa shape index (κ1) is 22.5. The fraction of sp³-hybridized carbons (Fsp3) is 0.391. The SMILES string of the molecule is CC1CCc2c(sc3nc(SC(C)C(=O)NC(N)=O)n(CCc4ccccc4)c(=O)c23)C1. The van der Waals surface area contributed by atoms with Crippen molar-refractivity contribution < 1.29 is 9.59 Å². The Morgan fingerprint density at radius 3 is 2.81 bits per heavy atom.